The minimum atomic E-state index is 0.00893. The van der Waals surface area contributed by atoms with Gasteiger partial charge in [-0.2, -0.15) is 5.10 Å². The molecule has 7 heteroatoms. The molecule has 32 heavy (non-hydrogen) atoms. The smallest absolute Gasteiger partial charge is 0.204 e. The predicted octanol–water partition coefficient (Wildman–Crippen LogP) is 7.48. The zero-order valence-electron chi connectivity index (χ0n) is 17.4. The van der Waals surface area contributed by atoms with E-state index in [9.17, 15) is 0 Å². The largest absolute Gasteiger partial charge is 0.302 e. The number of nitrogens with zero attached hydrogens (tertiary/aromatic N) is 2. The minimum absolute atomic E-state index is 0.00893. The predicted molar refractivity (Wildman–Crippen MR) is 136 cm³/mol. The van der Waals surface area contributed by atoms with Crippen LogP contribution in [0.1, 0.15) is 36.6 Å². The minimum Gasteiger partial charge on any atom is -0.302 e. The Labute approximate surface area is 201 Å². The number of piperidine rings is 1. The van der Waals surface area contributed by atoms with Crippen LogP contribution in [0.25, 0.3) is 10.2 Å². The van der Waals surface area contributed by atoms with Crippen molar-refractivity contribution in [1.82, 2.24) is 10.3 Å². The van der Waals surface area contributed by atoms with Crippen LogP contribution >= 0.6 is 34.5 Å². The summed E-state index contributed by atoms with van der Waals surface area (Å²) in [7, 11) is 0. The molecule has 0 spiro atoms. The Morgan fingerprint density at radius 3 is 2.31 bits per heavy atom. The summed E-state index contributed by atoms with van der Waals surface area (Å²) in [4.78, 5) is 4.65. The molecule has 2 heterocycles. The summed E-state index contributed by atoms with van der Waals surface area (Å²) in [5, 5.41) is 10.9. The number of aromatic nitrogens is 1. The van der Waals surface area contributed by atoms with Gasteiger partial charge >= 0.3 is 0 Å². The Morgan fingerprint density at radius 1 is 0.938 bits per heavy atom. The molecular formula is C25H22Cl2N4S. The third kappa shape index (κ3) is 4.26. The topological polar surface area (TPSA) is 49.3 Å². The van der Waals surface area contributed by atoms with Crippen LogP contribution < -0.4 is 10.7 Å². The molecule has 0 saturated carbocycles. The summed E-state index contributed by atoms with van der Waals surface area (Å²) in [5.41, 5.74) is 7.36. The van der Waals surface area contributed by atoms with Crippen LogP contribution in [0.4, 0.5) is 5.13 Å². The molecule has 1 aliphatic rings. The molecule has 1 saturated heterocycles. The Kier molecular flexibility index (Phi) is 6.15. The first kappa shape index (κ1) is 21.4. The number of nitrogens with one attached hydrogen (secondary N) is 2. The summed E-state index contributed by atoms with van der Waals surface area (Å²) in [5.74, 6) is 0.135. The molecule has 0 bridgehead atoms. The van der Waals surface area contributed by atoms with Gasteiger partial charge < -0.3 is 5.32 Å². The van der Waals surface area contributed by atoms with E-state index < -0.39 is 0 Å². The van der Waals surface area contributed by atoms with Gasteiger partial charge in [-0.1, -0.05) is 90.0 Å². The number of fused-ring (bicyclic) bond motifs is 1. The molecule has 1 aliphatic heterocycles. The third-order valence-electron chi connectivity index (χ3n) is 5.93. The lowest BCUT2D eigenvalue weighted by Gasteiger charge is -2.38. The Bertz CT molecular complexity index is 1250. The number of hydrogen-bond donors (Lipinski definition) is 2. The monoisotopic (exact) mass is 480 g/mol. The van der Waals surface area contributed by atoms with E-state index in [1.807, 2.05) is 54.6 Å². The van der Waals surface area contributed by atoms with Crippen LogP contribution in [0.2, 0.25) is 10.0 Å². The number of anilines is 1. The van der Waals surface area contributed by atoms with Gasteiger partial charge in [0, 0.05) is 40.2 Å². The average Bonchev–Trinajstić information content (AvgIpc) is 3.22. The maximum atomic E-state index is 6.58. The highest BCUT2D eigenvalue weighted by molar-refractivity contribution is 7.22. The summed E-state index contributed by atoms with van der Waals surface area (Å²) in [6.07, 6.45) is 0.740. The number of para-hydroxylation sites is 1. The molecule has 1 aromatic heterocycles. The maximum absolute atomic E-state index is 6.58. The number of hydrogen-bond acceptors (Lipinski definition) is 5. The van der Waals surface area contributed by atoms with Crippen LogP contribution in [0.15, 0.2) is 77.9 Å². The molecule has 1 fully saturated rings. The molecule has 0 amide bonds. The van der Waals surface area contributed by atoms with Crippen molar-refractivity contribution in [2.45, 2.75) is 25.4 Å². The molecule has 3 aromatic carbocycles. The van der Waals surface area contributed by atoms with Gasteiger partial charge in [0.15, 0.2) is 0 Å². The molecular weight excluding hydrogens is 459 g/mol. The molecule has 3 unspecified atom stereocenters. The van der Waals surface area contributed by atoms with Crippen molar-refractivity contribution in [3.8, 4) is 0 Å². The van der Waals surface area contributed by atoms with Crippen LogP contribution in [-0.2, 0) is 0 Å². The van der Waals surface area contributed by atoms with E-state index >= 15 is 0 Å². The Balaban J connectivity index is 1.50. The second-order valence-corrected chi connectivity index (χ2v) is 9.78. The molecule has 0 aliphatic carbocycles. The lowest BCUT2D eigenvalue weighted by atomic mass is 9.81. The second-order valence-electron chi connectivity index (χ2n) is 7.93. The summed E-state index contributed by atoms with van der Waals surface area (Å²) < 4.78 is 1.14. The Hall–Kier alpha value is -2.44. The van der Waals surface area contributed by atoms with Crippen molar-refractivity contribution in [3.63, 3.8) is 0 Å². The molecule has 3 atom stereocenters. The summed E-state index contributed by atoms with van der Waals surface area (Å²) >= 11 is 14.7. The van der Waals surface area contributed by atoms with E-state index in [2.05, 4.69) is 40.8 Å². The summed E-state index contributed by atoms with van der Waals surface area (Å²) in [6, 6.07) is 24.1. The van der Waals surface area contributed by atoms with Crippen molar-refractivity contribution in [1.29, 1.82) is 0 Å². The molecule has 2 N–H and O–H groups in total. The fourth-order valence-corrected chi connectivity index (χ4v) is 5.57. The zero-order valence-corrected chi connectivity index (χ0v) is 19.8. The standard InChI is InChI=1S/C25H22Cl2N4S/c1-15-21(30-31-25-29-20-12-6-7-13-23(20)32-25)14-22(16-8-2-4-10-18(16)26)28-24(15)17-9-3-5-11-19(17)27/h2-13,15,22,24,28H,14H2,1H3,(H,29,31)/b30-21+. The molecule has 0 radical (unpaired) electrons. The lowest BCUT2D eigenvalue weighted by Crippen LogP contribution is -2.41. The van der Waals surface area contributed by atoms with Gasteiger partial charge in [0.1, 0.15) is 0 Å². The molecule has 162 valence electrons. The zero-order chi connectivity index (χ0) is 22.1. The van der Waals surface area contributed by atoms with Gasteiger partial charge in [-0.25, -0.2) is 4.98 Å². The molecule has 5 rings (SSSR count). The van der Waals surface area contributed by atoms with E-state index in [1.54, 1.807) is 11.3 Å². The van der Waals surface area contributed by atoms with Crippen molar-refractivity contribution >= 4 is 55.6 Å². The highest BCUT2D eigenvalue weighted by Gasteiger charge is 2.35. The first-order valence-electron chi connectivity index (χ1n) is 10.5. The highest BCUT2D eigenvalue weighted by atomic mass is 35.5. The first-order valence-corrected chi connectivity index (χ1v) is 12.1. The van der Waals surface area contributed by atoms with Gasteiger partial charge in [-0.3, -0.25) is 5.43 Å². The van der Waals surface area contributed by atoms with Crippen molar-refractivity contribution in [2.24, 2.45) is 11.0 Å². The third-order valence-corrected chi connectivity index (χ3v) is 7.56. The number of thiazole rings is 1. The SMILES string of the molecule is CC1/C(=N/Nc2nc3ccccc3s2)CC(c2ccccc2Cl)NC1c1ccccc1Cl. The Morgan fingerprint density at radius 2 is 1.59 bits per heavy atom. The average molecular weight is 481 g/mol. The second kappa shape index (κ2) is 9.20. The van der Waals surface area contributed by atoms with E-state index in [0.29, 0.717) is 0 Å². The highest BCUT2D eigenvalue weighted by Crippen LogP contribution is 2.39. The van der Waals surface area contributed by atoms with Gasteiger partial charge in [0.2, 0.25) is 5.13 Å². The van der Waals surface area contributed by atoms with E-state index in [0.717, 1.165) is 48.7 Å². The molecule has 4 nitrogen and oxygen atoms in total. The first-order chi connectivity index (χ1) is 15.6. The normalized spacial score (nSPS) is 22.3. The van der Waals surface area contributed by atoms with Crippen molar-refractivity contribution in [3.05, 3.63) is 94.0 Å². The number of halogens is 2. The van der Waals surface area contributed by atoms with Gasteiger partial charge in [0.25, 0.3) is 0 Å². The van der Waals surface area contributed by atoms with Crippen LogP contribution in [0, 0.1) is 5.92 Å². The number of hydrazone groups is 1. The fraction of sp³-hybridized carbons (Fsp3) is 0.200. The van der Waals surface area contributed by atoms with Crippen molar-refractivity contribution in [2.75, 3.05) is 5.43 Å². The van der Waals surface area contributed by atoms with E-state index in [4.69, 9.17) is 28.3 Å². The maximum Gasteiger partial charge on any atom is 0.204 e. The van der Waals surface area contributed by atoms with Crippen molar-refractivity contribution < 1.29 is 0 Å². The van der Waals surface area contributed by atoms with E-state index in [1.165, 1.54) is 0 Å². The number of rotatable bonds is 4. The fourth-order valence-electron chi connectivity index (χ4n) is 4.24. The van der Waals surface area contributed by atoms with Crippen LogP contribution in [0.3, 0.4) is 0 Å². The summed E-state index contributed by atoms with van der Waals surface area (Å²) in [6.45, 7) is 2.18. The van der Waals surface area contributed by atoms with Crippen LogP contribution in [-0.4, -0.2) is 10.7 Å². The van der Waals surface area contributed by atoms with Gasteiger partial charge in [0.05, 0.1) is 10.2 Å². The van der Waals surface area contributed by atoms with Gasteiger partial charge in [-0.05, 0) is 35.4 Å². The lowest BCUT2D eigenvalue weighted by molar-refractivity contribution is 0.364. The number of benzene rings is 3. The van der Waals surface area contributed by atoms with E-state index in [-0.39, 0.29) is 18.0 Å². The quantitative estimate of drug-likeness (QED) is 0.297. The van der Waals surface area contributed by atoms with Crippen LogP contribution in [0.5, 0.6) is 0 Å². The van der Waals surface area contributed by atoms with Gasteiger partial charge in [-0.15, -0.1) is 0 Å². The molecule has 4 aromatic rings.